The zero-order chi connectivity index (χ0) is 20.1. The van der Waals surface area contributed by atoms with Crippen molar-refractivity contribution in [3.8, 4) is 0 Å². The number of aromatic amines is 2. The summed E-state index contributed by atoms with van der Waals surface area (Å²) in [4.78, 5) is 29.0. The summed E-state index contributed by atoms with van der Waals surface area (Å²) in [5.41, 5.74) is 0.336. The van der Waals surface area contributed by atoms with Crippen molar-refractivity contribution in [3.05, 3.63) is 70.6 Å². The van der Waals surface area contributed by atoms with Crippen LogP contribution in [0.2, 0.25) is 0 Å². The zero-order valence-electron chi connectivity index (χ0n) is 14.6. The molecule has 0 fully saturated rings. The normalized spacial score (nSPS) is 11.8. The number of fused-ring (bicyclic) bond motifs is 3. The van der Waals surface area contributed by atoms with Gasteiger partial charge in [-0.25, -0.2) is 13.2 Å². The maximum absolute atomic E-state index is 13.1. The van der Waals surface area contributed by atoms with Crippen LogP contribution in [0.5, 0.6) is 0 Å². The fraction of sp³-hybridized carbons (Fsp3) is 0.0526. The second kappa shape index (κ2) is 6.24. The second-order valence-electron chi connectivity index (χ2n) is 6.23. The van der Waals surface area contributed by atoms with Crippen molar-refractivity contribution < 1.29 is 18.3 Å². The number of sulfonamides is 1. The highest BCUT2D eigenvalue weighted by atomic mass is 32.2. The number of hydrogen-bond donors (Lipinski definition) is 3. The third kappa shape index (κ3) is 2.64. The number of rotatable bonds is 4. The van der Waals surface area contributed by atoms with Gasteiger partial charge in [-0.2, -0.15) is 0 Å². The number of hydrogen-bond acceptors (Lipinski definition) is 4. The molecule has 28 heavy (non-hydrogen) atoms. The van der Waals surface area contributed by atoms with Crippen LogP contribution in [0.15, 0.2) is 64.4 Å². The lowest BCUT2D eigenvalue weighted by molar-refractivity contribution is 0.0699. The first-order chi connectivity index (χ1) is 13.3. The molecule has 0 bridgehead atoms. The van der Waals surface area contributed by atoms with Gasteiger partial charge in [-0.1, -0.05) is 18.2 Å². The van der Waals surface area contributed by atoms with Gasteiger partial charge in [0.05, 0.1) is 16.1 Å². The Bertz CT molecular complexity index is 1390. The van der Waals surface area contributed by atoms with E-state index < -0.39 is 21.6 Å². The number of H-pyrrole nitrogens is 2. The van der Waals surface area contributed by atoms with Gasteiger partial charge in [0.15, 0.2) is 0 Å². The highest BCUT2D eigenvalue weighted by Crippen LogP contribution is 2.29. The number of nitrogens with zero attached hydrogens (tertiary/aromatic N) is 1. The number of pyridine rings is 1. The van der Waals surface area contributed by atoms with Gasteiger partial charge >= 0.3 is 5.97 Å². The van der Waals surface area contributed by atoms with Gasteiger partial charge in [0.25, 0.3) is 15.6 Å². The minimum Gasteiger partial charge on any atom is -0.478 e. The van der Waals surface area contributed by atoms with Gasteiger partial charge in [0.2, 0.25) is 0 Å². The number of aromatic nitrogens is 2. The Hall–Kier alpha value is -3.59. The molecule has 4 rings (SSSR count). The van der Waals surface area contributed by atoms with Crippen molar-refractivity contribution >= 4 is 43.5 Å². The molecule has 4 aromatic rings. The molecule has 0 radical (unpaired) electrons. The topological polar surface area (TPSA) is 123 Å². The molecule has 0 spiro atoms. The van der Waals surface area contributed by atoms with E-state index >= 15 is 0 Å². The summed E-state index contributed by atoms with van der Waals surface area (Å²) >= 11 is 0. The molecule has 2 aromatic carbocycles. The Balaban J connectivity index is 1.98. The van der Waals surface area contributed by atoms with Crippen LogP contribution >= 0.6 is 0 Å². The van der Waals surface area contributed by atoms with Crippen LogP contribution in [0.1, 0.15) is 10.4 Å². The van der Waals surface area contributed by atoms with E-state index in [-0.39, 0.29) is 21.4 Å². The summed E-state index contributed by atoms with van der Waals surface area (Å²) in [6.07, 6.45) is 1.22. The Labute approximate surface area is 159 Å². The molecule has 0 aliphatic carbocycles. The van der Waals surface area contributed by atoms with Crippen LogP contribution in [0.3, 0.4) is 0 Å². The average Bonchev–Trinajstić information content (AvgIpc) is 3.14. The summed E-state index contributed by atoms with van der Waals surface area (Å²) in [5.74, 6) is -1.21. The smallest absolute Gasteiger partial charge is 0.337 e. The monoisotopic (exact) mass is 397 g/mol. The van der Waals surface area contributed by atoms with E-state index in [1.54, 1.807) is 30.3 Å². The summed E-state index contributed by atoms with van der Waals surface area (Å²) in [5, 5.41) is 9.93. The molecule has 2 heterocycles. The number of carboxylic acid groups (broad SMARTS) is 1. The van der Waals surface area contributed by atoms with E-state index in [9.17, 15) is 23.1 Å². The van der Waals surface area contributed by atoms with Crippen LogP contribution in [-0.2, 0) is 10.0 Å². The van der Waals surface area contributed by atoms with E-state index in [0.717, 1.165) is 4.31 Å². The molecule has 0 saturated carbocycles. The SMILES string of the molecule is CN(c1ccccc1)S(=O)(=O)c1ccc2[nH]c(=O)c3[nH]cc(C(=O)O)c3c2c1. The van der Waals surface area contributed by atoms with Crippen molar-refractivity contribution in [1.29, 1.82) is 0 Å². The molecule has 142 valence electrons. The molecule has 8 nitrogen and oxygen atoms in total. The summed E-state index contributed by atoms with van der Waals surface area (Å²) < 4.78 is 27.3. The predicted molar refractivity (Wildman–Crippen MR) is 105 cm³/mol. The lowest BCUT2D eigenvalue weighted by Crippen LogP contribution is -2.26. The van der Waals surface area contributed by atoms with Crippen molar-refractivity contribution in [3.63, 3.8) is 0 Å². The minimum atomic E-state index is -3.89. The molecule has 9 heteroatoms. The predicted octanol–water partition coefficient (Wildman–Crippen LogP) is 2.53. The maximum Gasteiger partial charge on any atom is 0.337 e. The van der Waals surface area contributed by atoms with Gasteiger partial charge < -0.3 is 15.1 Å². The highest BCUT2D eigenvalue weighted by Gasteiger charge is 2.23. The quantitative estimate of drug-likeness (QED) is 0.488. The van der Waals surface area contributed by atoms with Gasteiger partial charge in [0.1, 0.15) is 5.52 Å². The van der Waals surface area contributed by atoms with Gasteiger partial charge in [0, 0.05) is 29.5 Å². The molecule has 0 aliphatic rings. The Morgan fingerprint density at radius 1 is 1.11 bits per heavy atom. The highest BCUT2D eigenvalue weighted by molar-refractivity contribution is 7.92. The molecule has 0 amide bonds. The Kier molecular flexibility index (Phi) is 3.97. The zero-order valence-corrected chi connectivity index (χ0v) is 15.4. The standard InChI is InChI=1S/C19H15N3O5S/c1-22(11-5-3-2-4-6-11)28(26,27)12-7-8-15-13(9-12)16-14(19(24)25)10-20-17(16)18(23)21-15/h2-10,20H,1H3,(H,21,23)(H,24,25). The van der Waals surface area contributed by atoms with Crippen molar-refractivity contribution in [2.45, 2.75) is 4.90 Å². The minimum absolute atomic E-state index is 0.0164. The molecule has 2 aromatic heterocycles. The number of anilines is 1. The van der Waals surface area contributed by atoms with Crippen molar-refractivity contribution in [2.24, 2.45) is 0 Å². The van der Waals surface area contributed by atoms with E-state index in [1.807, 2.05) is 0 Å². The Morgan fingerprint density at radius 2 is 1.82 bits per heavy atom. The third-order valence-electron chi connectivity index (χ3n) is 4.62. The lowest BCUT2D eigenvalue weighted by atomic mass is 10.1. The van der Waals surface area contributed by atoms with Gasteiger partial charge in [-0.15, -0.1) is 0 Å². The summed E-state index contributed by atoms with van der Waals surface area (Å²) in [7, 11) is -2.45. The molecular weight excluding hydrogens is 382 g/mol. The van der Waals surface area contributed by atoms with Gasteiger partial charge in [-0.05, 0) is 30.3 Å². The summed E-state index contributed by atoms with van der Waals surface area (Å²) in [6.45, 7) is 0. The largest absolute Gasteiger partial charge is 0.478 e. The fourth-order valence-corrected chi connectivity index (χ4v) is 4.39. The first-order valence-corrected chi connectivity index (χ1v) is 9.69. The first-order valence-electron chi connectivity index (χ1n) is 8.25. The van der Waals surface area contributed by atoms with Crippen LogP contribution in [0.25, 0.3) is 21.8 Å². The molecule has 0 saturated heterocycles. The number of carboxylic acids is 1. The lowest BCUT2D eigenvalue weighted by Gasteiger charge is -2.19. The van der Waals surface area contributed by atoms with E-state index in [2.05, 4.69) is 9.97 Å². The van der Waals surface area contributed by atoms with Crippen LogP contribution in [0, 0.1) is 0 Å². The third-order valence-corrected chi connectivity index (χ3v) is 6.41. The second-order valence-corrected chi connectivity index (χ2v) is 8.20. The number of para-hydroxylation sites is 1. The number of carbonyl (C=O) groups is 1. The molecule has 3 N–H and O–H groups in total. The number of nitrogens with one attached hydrogen (secondary N) is 2. The van der Waals surface area contributed by atoms with Crippen LogP contribution < -0.4 is 9.86 Å². The average molecular weight is 397 g/mol. The Morgan fingerprint density at radius 3 is 2.50 bits per heavy atom. The van der Waals surface area contributed by atoms with Gasteiger partial charge in [-0.3, -0.25) is 9.10 Å². The number of benzene rings is 2. The molecular formula is C19H15N3O5S. The maximum atomic E-state index is 13.1. The van der Waals surface area contributed by atoms with Crippen molar-refractivity contribution in [1.82, 2.24) is 9.97 Å². The summed E-state index contributed by atoms with van der Waals surface area (Å²) in [6, 6.07) is 12.8. The first kappa shape index (κ1) is 17.8. The number of aromatic carboxylic acids is 1. The molecule has 0 unspecified atom stereocenters. The van der Waals surface area contributed by atoms with E-state index in [0.29, 0.717) is 16.6 Å². The molecule has 0 atom stereocenters. The van der Waals surface area contributed by atoms with E-state index in [1.165, 1.54) is 31.4 Å². The van der Waals surface area contributed by atoms with Crippen molar-refractivity contribution in [2.75, 3.05) is 11.4 Å². The van der Waals surface area contributed by atoms with Crippen LogP contribution in [0.4, 0.5) is 5.69 Å². The van der Waals surface area contributed by atoms with Crippen LogP contribution in [-0.4, -0.2) is 36.5 Å². The van der Waals surface area contributed by atoms with E-state index in [4.69, 9.17) is 0 Å². The molecule has 0 aliphatic heterocycles. The fourth-order valence-electron chi connectivity index (χ4n) is 3.17.